The molecular formula is C12H13IS. The molecule has 0 spiro atoms. The molecule has 1 heterocycles. The molecule has 0 aliphatic carbocycles. The molecule has 14 heavy (non-hydrogen) atoms. The molecule has 0 saturated carbocycles. The second-order valence-corrected chi connectivity index (χ2v) is 6.62. The van der Waals surface area contributed by atoms with Crippen LogP contribution in [0.1, 0.15) is 26.3 Å². The molecule has 2 rings (SSSR count). The second-order valence-electron chi connectivity index (χ2n) is 4.54. The van der Waals surface area contributed by atoms with Crippen LogP contribution >= 0.6 is 33.9 Å². The van der Waals surface area contributed by atoms with Crippen molar-refractivity contribution in [1.82, 2.24) is 0 Å². The molecule has 0 amide bonds. The summed E-state index contributed by atoms with van der Waals surface area (Å²) in [6.45, 7) is 6.77. The van der Waals surface area contributed by atoms with Gasteiger partial charge in [-0.25, -0.2) is 0 Å². The van der Waals surface area contributed by atoms with E-state index in [2.05, 4.69) is 66.9 Å². The van der Waals surface area contributed by atoms with Crippen molar-refractivity contribution in [2.45, 2.75) is 26.2 Å². The third kappa shape index (κ3) is 1.82. The van der Waals surface area contributed by atoms with E-state index in [0.29, 0.717) is 0 Å². The van der Waals surface area contributed by atoms with Crippen LogP contribution in [-0.2, 0) is 5.41 Å². The first kappa shape index (κ1) is 10.4. The Labute approximate surface area is 102 Å². The lowest BCUT2D eigenvalue weighted by molar-refractivity contribution is 0.591. The Kier molecular flexibility index (Phi) is 2.60. The van der Waals surface area contributed by atoms with Gasteiger partial charge in [-0.05, 0) is 45.7 Å². The van der Waals surface area contributed by atoms with Gasteiger partial charge in [-0.1, -0.05) is 26.8 Å². The number of hydrogen-bond donors (Lipinski definition) is 0. The molecule has 0 atom stereocenters. The molecule has 0 nitrogen and oxygen atoms in total. The summed E-state index contributed by atoms with van der Waals surface area (Å²) in [7, 11) is 0. The molecule has 1 aromatic carbocycles. The summed E-state index contributed by atoms with van der Waals surface area (Å²) in [6.07, 6.45) is 0. The van der Waals surface area contributed by atoms with Gasteiger partial charge in [0, 0.05) is 19.0 Å². The number of halogens is 1. The molecular weight excluding hydrogens is 303 g/mol. The van der Waals surface area contributed by atoms with Crippen LogP contribution < -0.4 is 0 Å². The minimum atomic E-state index is 0.249. The third-order valence-electron chi connectivity index (χ3n) is 2.39. The Balaban J connectivity index is 2.66. The summed E-state index contributed by atoms with van der Waals surface area (Å²) in [6, 6.07) is 6.81. The van der Waals surface area contributed by atoms with Gasteiger partial charge in [0.05, 0.1) is 0 Å². The predicted molar refractivity (Wildman–Crippen MR) is 73.2 cm³/mol. The first-order chi connectivity index (χ1) is 6.48. The lowest BCUT2D eigenvalue weighted by Gasteiger charge is -2.18. The van der Waals surface area contributed by atoms with E-state index in [1.54, 1.807) is 0 Å². The van der Waals surface area contributed by atoms with Crippen molar-refractivity contribution in [3.8, 4) is 0 Å². The normalized spacial score (nSPS) is 12.3. The summed E-state index contributed by atoms with van der Waals surface area (Å²) in [4.78, 5) is 0. The van der Waals surface area contributed by atoms with Crippen LogP contribution in [0.3, 0.4) is 0 Å². The van der Waals surface area contributed by atoms with Gasteiger partial charge in [0.2, 0.25) is 0 Å². The highest BCUT2D eigenvalue weighted by Crippen LogP contribution is 2.31. The highest BCUT2D eigenvalue weighted by molar-refractivity contribution is 14.1. The zero-order valence-corrected chi connectivity index (χ0v) is 11.6. The number of thiophene rings is 1. The molecule has 74 valence electrons. The van der Waals surface area contributed by atoms with Crippen LogP contribution in [0.4, 0.5) is 0 Å². The Bertz CT molecular complexity index is 463. The first-order valence-electron chi connectivity index (χ1n) is 4.66. The molecule has 2 aromatic rings. The van der Waals surface area contributed by atoms with Gasteiger partial charge in [-0.3, -0.25) is 0 Å². The minimum Gasteiger partial charge on any atom is -0.143 e. The van der Waals surface area contributed by atoms with Crippen LogP contribution in [0.15, 0.2) is 23.6 Å². The fraction of sp³-hybridized carbons (Fsp3) is 0.333. The lowest BCUT2D eigenvalue weighted by atomic mass is 9.87. The summed E-state index contributed by atoms with van der Waals surface area (Å²) in [5.74, 6) is 0. The maximum atomic E-state index is 2.41. The molecule has 0 N–H and O–H groups in total. The maximum Gasteiger partial charge on any atom is 0.0353 e. The van der Waals surface area contributed by atoms with Crippen LogP contribution in [0.25, 0.3) is 10.1 Å². The maximum absolute atomic E-state index is 2.41. The van der Waals surface area contributed by atoms with Gasteiger partial charge in [-0.2, -0.15) is 0 Å². The van der Waals surface area contributed by atoms with Gasteiger partial charge in [0.15, 0.2) is 0 Å². The van der Waals surface area contributed by atoms with Crippen LogP contribution in [0.5, 0.6) is 0 Å². The molecule has 0 bridgehead atoms. The minimum absolute atomic E-state index is 0.249. The highest BCUT2D eigenvalue weighted by atomic mass is 127. The van der Waals surface area contributed by atoms with E-state index < -0.39 is 0 Å². The van der Waals surface area contributed by atoms with Gasteiger partial charge < -0.3 is 0 Å². The van der Waals surface area contributed by atoms with Crippen LogP contribution in [-0.4, -0.2) is 0 Å². The van der Waals surface area contributed by atoms with Crippen molar-refractivity contribution >= 4 is 44.0 Å². The van der Waals surface area contributed by atoms with Crippen molar-refractivity contribution in [3.63, 3.8) is 0 Å². The predicted octanol–water partition coefficient (Wildman–Crippen LogP) is 4.80. The monoisotopic (exact) mass is 316 g/mol. The fourth-order valence-electron chi connectivity index (χ4n) is 1.46. The number of fused-ring (bicyclic) bond motifs is 1. The average Bonchev–Trinajstić information content (AvgIpc) is 2.46. The number of hydrogen-bond acceptors (Lipinski definition) is 1. The Morgan fingerprint density at radius 1 is 1.21 bits per heavy atom. The van der Waals surface area contributed by atoms with Gasteiger partial charge in [-0.15, -0.1) is 11.3 Å². The van der Waals surface area contributed by atoms with Crippen molar-refractivity contribution in [1.29, 1.82) is 0 Å². The van der Waals surface area contributed by atoms with Crippen molar-refractivity contribution in [2.75, 3.05) is 0 Å². The molecule has 0 aliphatic heterocycles. The van der Waals surface area contributed by atoms with Crippen molar-refractivity contribution in [3.05, 3.63) is 32.7 Å². The van der Waals surface area contributed by atoms with Gasteiger partial charge in [0.1, 0.15) is 0 Å². The highest BCUT2D eigenvalue weighted by Gasteiger charge is 2.14. The van der Waals surface area contributed by atoms with E-state index >= 15 is 0 Å². The quantitative estimate of drug-likeness (QED) is 0.612. The summed E-state index contributed by atoms with van der Waals surface area (Å²) in [5.41, 5.74) is 1.67. The Morgan fingerprint density at radius 2 is 1.93 bits per heavy atom. The van der Waals surface area contributed by atoms with Crippen LogP contribution in [0, 0.1) is 3.57 Å². The lowest BCUT2D eigenvalue weighted by Crippen LogP contribution is -2.10. The van der Waals surface area contributed by atoms with Crippen LogP contribution in [0.2, 0.25) is 0 Å². The SMILES string of the molecule is CC(C)(C)c1ccc2scc(I)c2c1. The van der Waals surface area contributed by atoms with E-state index in [9.17, 15) is 0 Å². The van der Waals surface area contributed by atoms with Crippen molar-refractivity contribution < 1.29 is 0 Å². The molecule has 0 aliphatic rings. The van der Waals surface area contributed by atoms with Crippen molar-refractivity contribution in [2.24, 2.45) is 0 Å². The van der Waals surface area contributed by atoms with Gasteiger partial charge >= 0.3 is 0 Å². The first-order valence-corrected chi connectivity index (χ1v) is 6.61. The zero-order chi connectivity index (χ0) is 10.3. The molecule has 0 saturated heterocycles. The summed E-state index contributed by atoms with van der Waals surface area (Å²) < 4.78 is 2.76. The number of rotatable bonds is 0. The number of benzene rings is 1. The van der Waals surface area contributed by atoms with E-state index in [1.807, 2.05) is 11.3 Å². The molecule has 1 aromatic heterocycles. The second kappa shape index (κ2) is 3.49. The van der Waals surface area contributed by atoms with E-state index in [-0.39, 0.29) is 5.41 Å². The average molecular weight is 316 g/mol. The standard InChI is InChI=1S/C12H13IS/c1-12(2,3)8-4-5-11-9(6-8)10(13)7-14-11/h4-7H,1-3H3. The largest absolute Gasteiger partial charge is 0.143 e. The summed E-state index contributed by atoms with van der Waals surface area (Å²) in [5, 5.41) is 3.63. The van der Waals surface area contributed by atoms with E-state index in [0.717, 1.165) is 0 Å². The van der Waals surface area contributed by atoms with E-state index in [4.69, 9.17) is 0 Å². The van der Waals surface area contributed by atoms with Gasteiger partial charge in [0.25, 0.3) is 0 Å². The Hall–Kier alpha value is -0.0900. The molecule has 0 radical (unpaired) electrons. The van der Waals surface area contributed by atoms with E-state index in [1.165, 1.54) is 19.2 Å². The molecule has 2 heteroatoms. The smallest absolute Gasteiger partial charge is 0.0353 e. The summed E-state index contributed by atoms with van der Waals surface area (Å²) >= 11 is 4.23. The molecule has 0 fully saturated rings. The fourth-order valence-corrected chi connectivity index (χ4v) is 3.28. The molecule has 0 unspecified atom stereocenters. The zero-order valence-electron chi connectivity index (χ0n) is 8.60. The topological polar surface area (TPSA) is 0 Å². The Morgan fingerprint density at radius 3 is 2.57 bits per heavy atom. The third-order valence-corrected chi connectivity index (χ3v) is 4.67.